The molecule has 1 aromatic heterocycles. The van der Waals surface area contributed by atoms with E-state index in [0.29, 0.717) is 4.47 Å². The lowest BCUT2D eigenvalue weighted by molar-refractivity contribution is 0.280. The van der Waals surface area contributed by atoms with Crippen molar-refractivity contribution >= 4 is 27.3 Å². The largest absolute Gasteiger partial charge is 0.484 e. The molecule has 0 aliphatic rings. The summed E-state index contributed by atoms with van der Waals surface area (Å²) in [6, 6.07) is 2.46. The van der Waals surface area contributed by atoms with Gasteiger partial charge in [-0.2, -0.15) is 4.39 Å². The van der Waals surface area contributed by atoms with Crippen molar-refractivity contribution in [1.82, 2.24) is 4.98 Å². The third-order valence-corrected chi connectivity index (χ3v) is 3.81. The lowest BCUT2D eigenvalue weighted by Crippen LogP contribution is -2.00. The zero-order chi connectivity index (χ0) is 13.8. The molecule has 2 aromatic rings. The minimum absolute atomic E-state index is 0.114. The molecule has 2 nitrogen and oxygen atoms in total. The summed E-state index contributed by atoms with van der Waals surface area (Å²) in [6.07, 6.45) is 1.95. The van der Waals surface area contributed by atoms with Crippen LogP contribution < -0.4 is 4.74 Å². The van der Waals surface area contributed by atoms with Gasteiger partial charge in [0.25, 0.3) is 0 Å². The lowest BCUT2D eigenvalue weighted by Gasteiger charge is -2.06. The fraction of sp³-hybridized carbons (Fsp3) is 0.308. The van der Waals surface area contributed by atoms with Gasteiger partial charge in [-0.25, -0.2) is 9.37 Å². The summed E-state index contributed by atoms with van der Waals surface area (Å²) < 4.78 is 32.4. The van der Waals surface area contributed by atoms with Crippen LogP contribution in [0, 0.1) is 11.6 Å². The zero-order valence-electron chi connectivity index (χ0n) is 10.3. The number of ether oxygens (including phenoxy) is 1. The Morgan fingerprint density at radius 2 is 2.16 bits per heavy atom. The number of benzene rings is 1. The maximum absolute atomic E-state index is 13.5. The van der Waals surface area contributed by atoms with E-state index in [1.165, 1.54) is 6.07 Å². The highest BCUT2D eigenvalue weighted by Crippen LogP contribution is 2.26. The van der Waals surface area contributed by atoms with E-state index in [4.69, 9.17) is 4.74 Å². The van der Waals surface area contributed by atoms with Crippen LogP contribution in [0.4, 0.5) is 8.78 Å². The van der Waals surface area contributed by atoms with Crippen LogP contribution in [0.2, 0.25) is 0 Å². The van der Waals surface area contributed by atoms with Crippen molar-refractivity contribution in [2.75, 3.05) is 0 Å². The molecule has 0 unspecified atom stereocenters. The molecule has 0 saturated heterocycles. The molecule has 1 aromatic carbocycles. The molecule has 0 amide bonds. The average molecular weight is 348 g/mol. The first-order valence-corrected chi connectivity index (χ1v) is 7.48. The second kappa shape index (κ2) is 6.43. The van der Waals surface area contributed by atoms with Crippen molar-refractivity contribution in [2.45, 2.75) is 26.4 Å². The molecule has 0 aliphatic heterocycles. The van der Waals surface area contributed by atoms with E-state index in [1.807, 2.05) is 5.38 Å². The van der Waals surface area contributed by atoms with Gasteiger partial charge in [0.1, 0.15) is 6.61 Å². The van der Waals surface area contributed by atoms with Gasteiger partial charge in [-0.15, -0.1) is 11.3 Å². The van der Waals surface area contributed by atoms with Gasteiger partial charge in [-0.3, -0.25) is 0 Å². The summed E-state index contributed by atoms with van der Waals surface area (Å²) in [6.45, 7) is 2.21. The smallest absolute Gasteiger partial charge is 0.200 e. The van der Waals surface area contributed by atoms with E-state index in [-0.39, 0.29) is 12.4 Å². The number of rotatable bonds is 5. The molecular formula is C13H12BrF2NOS. The van der Waals surface area contributed by atoms with Crippen molar-refractivity contribution in [1.29, 1.82) is 0 Å². The fourth-order valence-electron chi connectivity index (χ4n) is 1.53. The predicted molar refractivity (Wildman–Crippen MR) is 74.5 cm³/mol. The van der Waals surface area contributed by atoms with Gasteiger partial charge < -0.3 is 4.74 Å². The third-order valence-electron chi connectivity index (χ3n) is 2.40. The van der Waals surface area contributed by atoms with Crippen LogP contribution in [-0.2, 0) is 13.0 Å². The number of halogens is 3. The molecule has 0 radical (unpaired) electrons. The van der Waals surface area contributed by atoms with E-state index >= 15 is 0 Å². The van der Waals surface area contributed by atoms with Gasteiger partial charge in [-0.1, -0.05) is 22.9 Å². The Hall–Kier alpha value is -1.01. The lowest BCUT2D eigenvalue weighted by atomic mass is 10.3. The van der Waals surface area contributed by atoms with E-state index in [9.17, 15) is 8.78 Å². The van der Waals surface area contributed by atoms with Crippen molar-refractivity contribution in [3.8, 4) is 5.75 Å². The predicted octanol–water partition coefficient (Wildman–Crippen LogP) is 4.72. The van der Waals surface area contributed by atoms with Crippen molar-refractivity contribution < 1.29 is 13.5 Å². The number of aromatic nitrogens is 1. The van der Waals surface area contributed by atoms with Crippen molar-refractivity contribution in [2.24, 2.45) is 0 Å². The summed E-state index contributed by atoms with van der Waals surface area (Å²) in [5.74, 6) is -2.03. The Morgan fingerprint density at radius 3 is 2.89 bits per heavy atom. The van der Waals surface area contributed by atoms with Crippen LogP contribution >= 0.6 is 27.3 Å². The molecule has 0 N–H and O–H groups in total. The minimum Gasteiger partial charge on any atom is -0.484 e. The number of thiazole rings is 1. The number of nitrogens with zero attached hydrogens (tertiary/aromatic N) is 1. The van der Waals surface area contributed by atoms with E-state index in [2.05, 4.69) is 27.8 Å². The highest BCUT2D eigenvalue weighted by atomic mass is 79.9. The molecule has 0 fully saturated rings. The van der Waals surface area contributed by atoms with Gasteiger partial charge in [0.15, 0.2) is 11.6 Å². The Morgan fingerprint density at radius 1 is 1.37 bits per heavy atom. The van der Waals surface area contributed by atoms with Gasteiger partial charge in [0.2, 0.25) is 5.82 Å². The van der Waals surface area contributed by atoms with E-state index in [0.717, 1.165) is 29.6 Å². The topological polar surface area (TPSA) is 22.1 Å². The molecule has 1 heterocycles. The molecule has 0 aliphatic carbocycles. The quantitative estimate of drug-likeness (QED) is 0.730. The second-order valence-corrected chi connectivity index (χ2v) is 5.83. The van der Waals surface area contributed by atoms with Crippen LogP contribution in [0.3, 0.4) is 0 Å². The zero-order valence-corrected chi connectivity index (χ0v) is 12.7. The molecular weight excluding hydrogens is 336 g/mol. The molecule has 19 heavy (non-hydrogen) atoms. The number of aryl methyl sites for hydroxylation is 1. The molecule has 2 rings (SSSR count). The monoisotopic (exact) mass is 347 g/mol. The van der Waals surface area contributed by atoms with Gasteiger partial charge in [0.05, 0.1) is 10.7 Å². The van der Waals surface area contributed by atoms with Crippen LogP contribution in [0.15, 0.2) is 22.0 Å². The van der Waals surface area contributed by atoms with Crippen LogP contribution in [-0.4, -0.2) is 4.98 Å². The molecule has 6 heteroatoms. The van der Waals surface area contributed by atoms with E-state index < -0.39 is 11.6 Å². The first-order valence-electron chi connectivity index (χ1n) is 5.80. The maximum Gasteiger partial charge on any atom is 0.200 e. The number of hydrogen-bond donors (Lipinski definition) is 0. The summed E-state index contributed by atoms with van der Waals surface area (Å²) >= 11 is 4.65. The van der Waals surface area contributed by atoms with Gasteiger partial charge in [-0.05, 0) is 25.0 Å². The third kappa shape index (κ3) is 3.73. The fourth-order valence-corrected chi connectivity index (χ4v) is 2.83. The van der Waals surface area contributed by atoms with Crippen LogP contribution in [0.25, 0.3) is 0 Å². The highest BCUT2D eigenvalue weighted by Gasteiger charge is 2.12. The second-order valence-electron chi connectivity index (χ2n) is 3.97. The average Bonchev–Trinajstić information content (AvgIpc) is 2.80. The molecule has 102 valence electrons. The standard InChI is InChI=1S/C13H12BrF2NOS/c1-2-3-12-17-9(7-19-12)6-18-11-5-8(14)4-10(15)13(11)16/h4-5,7H,2-3,6H2,1H3. The molecule has 0 atom stereocenters. The summed E-state index contributed by atoms with van der Waals surface area (Å²) in [5.41, 5.74) is 0.730. The normalized spacial score (nSPS) is 10.7. The summed E-state index contributed by atoms with van der Waals surface area (Å²) in [5, 5.41) is 2.90. The maximum atomic E-state index is 13.5. The molecule has 0 bridgehead atoms. The molecule has 0 saturated carbocycles. The summed E-state index contributed by atoms with van der Waals surface area (Å²) in [7, 11) is 0. The Bertz CT molecular complexity index is 574. The summed E-state index contributed by atoms with van der Waals surface area (Å²) in [4.78, 5) is 4.36. The van der Waals surface area contributed by atoms with Crippen molar-refractivity contribution in [3.05, 3.63) is 44.3 Å². The number of hydrogen-bond acceptors (Lipinski definition) is 3. The van der Waals surface area contributed by atoms with Crippen molar-refractivity contribution in [3.63, 3.8) is 0 Å². The Labute approximate surface area is 122 Å². The van der Waals surface area contributed by atoms with Gasteiger partial charge in [0, 0.05) is 9.85 Å². The van der Waals surface area contributed by atoms with Crippen LogP contribution in [0.5, 0.6) is 5.75 Å². The SMILES string of the molecule is CCCc1nc(COc2cc(Br)cc(F)c2F)cs1. The van der Waals surface area contributed by atoms with Gasteiger partial charge >= 0.3 is 0 Å². The highest BCUT2D eigenvalue weighted by molar-refractivity contribution is 9.10. The van der Waals surface area contributed by atoms with E-state index in [1.54, 1.807) is 11.3 Å². The first-order chi connectivity index (χ1) is 9.10. The Balaban J connectivity index is 2.05. The first kappa shape index (κ1) is 14.4. The Kier molecular flexibility index (Phi) is 4.87. The molecule has 0 spiro atoms. The van der Waals surface area contributed by atoms with Crippen LogP contribution in [0.1, 0.15) is 24.0 Å². The minimum atomic E-state index is -0.979.